The van der Waals surface area contributed by atoms with Crippen molar-refractivity contribution in [2.75, 3.05) is 5.32 Å². The quantitative estimate of drug-likeness (QED) is 0.419. The highest BCUT2D eigenvalue weighted by Crippen LogP contribution is 2.15. The fourth-order valence-electron chi connectivity index (χ4n) is 2.76. The number of carbonyl (C=O) groups is 3. The van der Waals surface area contributed by atoms with Crippen molar-refractivity contribution in [3.05, 3.63) is 64.1 Å². The summed E-state index contributed by atoms with van der Waals surface area (Å²) in [5.41, 5.74) is 2.86. The number of anilines is 1. The number of ether oxygens (including phenoxy) is 1. The van der Waals surface area contributed by atoms with Crippen LogP contribution in [0.5, 0.6) is 0 Å². The number of aryl methyl sites for hydroxylation is 1. The molecule has 0 saturated carbocycles. The van der Waals surface area contributed by atoms with Crippen LogP contribution < -0.4 is 11.0 Å². The number of esters is 1. The molecule has 0 fully saturated rings. The number of hydrogen-bond acceptors (Lipinski definition) is 5. The number of hydrogen-bond donors (Lipinski definition) is 3. The van der Waals surface area contributed by atoms with Crippen LogP contribution in [-0.2, 0) is 14.3 Å². The van der Waals surface area contributed by atoms with Crippen LogP contribution in [0, 0.1) is 6.92 Å². The number of ketones is 1. The van der Waals surface area contributed by atoms with Crippen LogP contribution in [0.2, 0.25) is 0 Å². The second kappa shape index (κ2) is 8.55. The number of H-pyrrole nitrogens is 2. The molecule has 0 aliphatic heterocycles. The van der Waals surface area contributed by atoms with Gasteiger partial charge in [0.15, 0.2) is 11.9 Å². The second-order valence-electron chi connectivity index (χ2n) is 6.75. The largest absolute Gasteiger partial charge is 0.453 e. The summed E-state index contributed by atoms with van der Waals surface area (Å²) in [7, 11) is 0. The van der Waals surface area contributed by atoms with Crippen molar-refractivity contribution in [3.8, 4) is 0 Å². The molecule has 29 heavy (non-hydrogen) atoms. The Balaban J connectivity index is 1.50. The van der Waals surface area contributed by atoms with Gasteiger partial charge < -0.3 is 20.0 Å². The van der Waals surface area contributed by atoms with E-state index in [9.17, 15) is 19.2 Å². The molecule has 0 unspecified atom stereocenters. The standard InChI is InChI=1S/C21H21N3O5/c1-12-3-5-14(6-4-12)18(25)9-10-19(26)29-13(2)20(27)22-15-7-8-16-17(11-15)24-21(28)23-16/h3-8,11,13H,9-10H2,1-2H3,(H,22,27)(H2,23,24,28)/t13-/m1/s1. The van der Waals surface area contributed by atoms with Gasteiger partial charge in [-0.05, 0) is 32.0 Å². The highest BCUT2D eigenvalue weighted by Gasteiger charge is 2.19. The lowest BCUT2D eigenvalue weighted by Crippen LogP contribution is -2.30. The third-order valence-electron chi connectivity index (χ3n) is 4.39. The Kier molecular flexibility index (Phi) is 5.92. The molecule has 1 heterocycles. The van der Waals surface area contributed by atoms with Gasteiger partial charge in [0.05, 0.1) is 17.5 Å². The predicted octanol–water partition coefficient (Wildman–Crippen LogP) is 2.70. The van der Waals surface area contributed by atoms with Gasteiger partial charge in [0.25, 0.3) is 5.91 Å². The topological polar surface area (TPSA) is 121 Å². The second-order valence-corrected chi connectivity index (χ2v) is 6.75. The minimum absolute atomic E-state index is 0.00769. The van der Waals surface area contributed by atoms with Crippen molar-refractivity contribution in [2.45, 2.75) is 32.8 Å². The Bertz CT molecular complexity index is 1110. The van der Waals surface area contributed by atoms with Gasteiger partial charge in [0.2, 0.25) is 0 Å². The van der Waals surface area contributed by atoms with E-state index in [4.69, 9.17) is 4.74 Å². The molecule has 0 spiro atoms. The van der Waals surface area contributed by atoms with Crippen LogP contribution in [0.15, 0.2) is 47.3 Å². The fraction of sp³-hybridized carbons (Fsp3) is 0.238. The molecule has 3 aromatic rings. The third kappa shape index (κ3) is 5.19. The lowest BCUT2D eigenvalue weighted by molar-refractivity contribution is -0.153. The van der Waals surface area contributed by atoms with Crippen molar-refractivity contribution in [1.29, 1.82) is 0 Å². The summed E-state index contributed by atoms with van der Waals surface area (Å²) < 4.78 is 5.11. The predicted molar refractivity (Wildman–Crippen MR) is 108 cm³/mol. The number of amides is 1. The molecule has 0 bridgehead atoms. The van der Waals surface area contributed by atoms with Crippen LogP contribution in [0.1, 0.15) is 35.7 Å². The summed E-state index contributed by atoms with van der Waals surface area (Å²) in [6, 6.07) is 12.0. The average Bonchev–Trinajstić information content (AvgIpc) is 3.05. The minimum atomic E-state index is -1.03. The van der Waals surface area contributed by atoms with E-state index in [-0.39, 0.29) is 24.3 Å². The molecule has 0 aliphatic carbocycles. The van der Waals surface area contributed by atoms with Gasteiger partial charge in [-0.1, -0.05) is 29.8 Å². The Morgan fingerprint density at radius 2 is 1.69 bits per heavy atom. The maximum absolute atomic E-state index is 12.2. The molecule has 3 rings (SSSR count). The number of nitrogens with one attached hydrogen (secondary N) is 3. The number of rotatable bonds is 7. The number of benzene rings is 2. The molecule has 0 saturated heterocycles. The molecule has 0 radical (unpaired) electrons. The first kappa shape index (κ1) is 20.1. The Morgan fingerprint density at radius 3 is 2.41 bits per heavy atom. The average molecular weight is 395 g/mol. The number of aromatic amines is 2. The molecular formula is C21H21N3O5. The summed E-state index contributed by atoms with van der Waals surface area (Å²) in [5.74, 6) is -1.30. The summed E-state index contributed by atoms with van der Waals surface area (Å²) in [6.45, 7) is 3.37. The molecule has 150 valence electrons. The van der Waals surface area contributed by atoms with Crippen molar-refractivity contribution >= 4 is 34.4 Å². The molecule has 8 nitrogen and oxygen atoms in total. The molecule has 0 aliphatic rings. The first-order valence-corrected chi connectivity index (χ1v) is 9.14. The minimum Gasteiger partial charge on any atom is -0.453 e. The lowest BCUT2D eigenvalue weighted by atomic mass is 10.1. The SMILES string of the molecule is Cc1ccc(C(=O)CCC(=O)O[C@H](C)C(=O)Nc2ccc3[nH]c(=O)[nH]c3c2)cc1. The van der Waals surface area contributed by atoms with Crippen LogP contribution in [0.25, 0.3) is 11.0 Å². The number of carbonyl (C=O) groups excluding carboxylic acids is 3. The fourth-order valence-corrected chi connectivity index (χ4v) is 2.76. The Labute approximate surface area is 166 Å². The van der Waals surface area contributed by atoms with Crippen molar-refractivity contribution in [1.82, 2.24) is 9.97 Å². The van der Waals surface area contributed by atoms with E-state index in [2.05, 4.69) is 15.3 Å². The van der Waals surface area contributed by atoms with Gasteiger partial charge >= 0.3 is 11.7 Å². The van der Waals surface area contributed by atoms with E-state index in [1.807, 2.05) is 19.1 Å². The van der Waals surface area contributed by atoms with Crippen LogP contribution in [-0.4, -0.2) is 33.7 Å². The number of imidazole rings is 1. The summed E-state index contributed by atoms with van der Waals surface area (Å²) in [6.07, 6.45) is -1.13. The smallest absolute Gasteiger partial charge is 0.323 e. The maximum atomic E-state index is 12.2. The van der Waals surface area contributed by atoms with Gasteiger partial charge in [0.1, 0.15) is 0 Å². The van der Waals surface area contributed by atoms with Gasteiger partial charge in [-0.2, -0.15) is 0 Å². The zero-order valence-corrected chi connectivity index (χ0v) is 16.1. The normalized spacial score (nSPS) is 11.8. The molecule has 1 atom stereocenters. The number of Topliss-reactive ketones (excluding diaryl/α,β-unsaturated/α-hetero) is 1. The van der Waals surface area contributed by atoms with Crippen molar-refractivity contribution in [2.24, 2.45) is 0 Å². The van der Waals surface area contributed by atoms with Crippen molar-refractivity contribution in [3.63, 3.8) is 0 Å². The summed E-state index contributed by atoms with van der Waals surface area (Å²) in [4.78, 5) is 52.8. The Morgan fingerprint density at radius 1 is 1.00 bits per heavy atom. The Hall–Kier alpha value is -3.68. The van der Waals surface area contributed by atoms with E-state index in [1.165, 1.54) is 6.92 Å². The van der Waals surface area contributed by atoms with E-state index in [0.717, 1.165) is 5.56 Å². The zero-order chi connectivity index (χ0) is 21.0. The highest BCUT2D eigenvalue weighted by molar-refractivity contribution is 5.98. The molecule has 8 heteroatoms. The van der Waals surface area contributed by atoms with Gasteiger partial charge in [0, 0.05) is 17.7 Å². The number of fused-ring (bicyclic) bond motifs is 1. The molecule has 1 amide bonds. The highest BCUT2D eigenvalue weighted by atomic mass is 16.5. The first-order valence-electron chi connectivity index (χ1n) is 9.14. The van der Waals surface area contributed by atoms with Crippen LogP contribution >= 0.6 is 0 Å². The molecule has 1 aromatic heterocycles. The van der Waals surface area contributed by atoms with Crippen LogP contribution in [0.4, 0.5) is 5.69 Å². The van der Waals surface area contributed by atoms with E-state index >= 15 is 0 Å². The zero-order valence-electron chi connectivity index (χ0n) is 16.1. The van der Waals surface area contributed by atoms with E-state index in [1.54, 1.807) is 30.3 Å². The van der Waals surface area contributed by atoms with E-state index < -0.39 is 18.0 Å². The maximum Gasteiger partial charge on any atom is 0.323 e. The summed E-state index contributed by atoms with van der Waals surface area (Å²) in [5, 5.41) is 2.63. The molecule has 3 N–H and O–H groups in total. The van der Waals surface area contributed by atoms with Gasteiger partial charge in [-0.3, -0.25) is 14.4 Å². The van der Waals surface area contributed by atoms with Gasteiger partial charge in [-0.25, -0.2) is 4.79 Å². The van der Waals surface area contributed by atoms with E-state index in [0.29, 0.717) is 22.3 Å². The van der Waals surface area contributed by atoms with Gasteiger partial charge in [-0.15, -0.1) is 0 Å². The monoisotopic (exact) mass is 395 g/mol. The number of aromatic nitrogens is 2. The van der Waals surface area contributed by atoms with Crippen molar-refractivity contribution < 1.29 is 19.1 Å². The van der Waals surface area contributed by atoms with Crippen LogP contribution in [0.3, 0.4) is 0 Å². The molecule has 2 aromatic carbocycles. The lowest BCUT2D eigenvalue weighted by Gasteiger charge is -2.13. The summed E-state index contributed by atoms with van der Waals surface area (Å²) >= 11 is 0. The third-order valence-corrected chi connectivity index (χ3v) is 4.39. The molecular weight excluding hydrogens is 374 g/mol. The first-order chi connectivity index (χ1) is 13.8.